The zero-order chi connectivity index (χ0) is 15.4. The van der Waals surface area contributed by atoms with Crippen LogP contribution in [-0.2, 0) is 16.0 Å². The Bertz CT molecular complexity index is 515. The molecule has 0 spiro atoms. The number of hydrogen-bond donors (Lipinski definition) is 2. The molecule has 1 aromatic rings. The summed E-state index contributed by atoms with van der Waals surface area (Å²) in [5, 5.41) is 11.9. The van der Waals surface area contributed by atoms with Crippen molar-refractivity contribution in [1.29, 1.82) is 0 Å². The molecule has 2 rings (SSSR count). The van der Waals surface area contributed by atoms with Gasteiger partial charge in [0, 0.05) is 12.7 Å². The van der Waals surface area contributed by atoms with Crippen LogP contribution in [0.2, 0.25) is 0 Å². The van der Waals surface area contributed by atoms with Gasteiger partial charge < -0.3 is 20.1 Å². The van der Waals surface area contributed by atoms with Crippen LogP contribution in [0.1, 0.15) is 12.5 Å². The van der Waals surface area contributed by atoms with Crippen molar-refractivity contribution in [3.05, 3.63) is 29.8 Å². The fourth-order valence-electron chi connectivity index (χ4n) is 2.35. The standard InChI is InChI=1S/C15H20N2O4/c1-3-10-4-6-11(7-5-10)16-15(20)17(2)13-9-21-8-12(13)14(18)19/h4-7,12-13H,3,8-9H2,1-2H3,(H,16,20)(H,18,19). The van der Waals surface area contributed by atoms with E-state index in [1.807, 2.05) is 24.3 Å². The number of likely N-dealkylation sites (N-methyl/N-ethyl adjacent to an activating group) is 1. The molecule has 21 heavy (non-hydrogen) atoms. The minimum absolute atomic E-state index is 0.142. The molecule has 0 saturated carbocycles. The third-order valence-electron chi connectivity index (χ3n) is 3.80. The Morgan fingerprint density at radius 3 is 2.57 bits per heavy atom. The van der Waals surface area contributed by atoms with Gasteiger partial charge in [-0.15, -0.1) is 0 Å². The van der Waals surface area contributed by atoms with E-state index in [9.17, 15) is 9.59 Å². The van der Waals surface area contributed by atoms with Crippen LogP contribution in [0, 0.1) is 5.92 Å². The van der Waals surface area contributed by atoms with Gasteiger partial charge in [0.05, 0.1) is 19.3 Å². The molecule has 1 aliphatic rings. The molecule has 0 bridgehead atoms. The second-order valence-electron chi connectivity index (χ2n) is 5.14. The first kappa shape index (κ1) is 15.3. The van der Waals surface area contributed by atoms with E-state index in [-0.39, 0.29) is 19.2 Å². The fraction of sp³-hybridized carbons (Fsp3) is 0.467. The van der Waals surface area contributed by atoms with E-state index < -0.39 is 17.9 Å². The number of benzene rings is 1. The smallest absolute Gasteiger partial charge is 0.321 e. The largest absolute Gasteiger partial charge is 0.481 e. The van der Waals surface area contributed by atoms with Gasteiger partial charge in [-0.2, -0.15) is 0 Å². The molecule has 1 heterocycles. The van der Waals surface area contributed by atoms with Crippen LogP contribution >= 0.6 is 0 Å². The summed E-state index contributed by atoms with van der Waals surface area (Å²) in [5.41, 5.74) is 1.88. The Kier molecular flexibility index (Phi) is 4.80. The SMILES string of the molecule is CCc1ccc(NC(=O)N(C)C2COCC2C(=O)O)cc1. The molecule has 1 aliphatic heterocycles. The van der Waals surface area contributed by atoms with Crippen molar-refractivity contribution in [3.8, 4) is 0 Å². The molecule has 1 fully saturated rings. The number of aryl methyl sites for hydroxylation is 1. The maximum absolute atomic E-state index is 12.2. The minimum atomic E-state index is -0.940. The van der Waals surface area contributed by atoms with Crippen molar-refractivity contribution >= 4 is 17.7 Å². The maximum Gasteiger partial charge on any atom is 0.321 e. The van der Waals surface area contributed by atoms with E-state index in [1.165, 1.54) is 10.5 Å². The van der Waals surface area contributed by atoms with Gasteiger partial charge in [0.15, 0.2) is 0 Å². The van der Waals surface area contributed by atoms with Crippen molar-refractivity contribution in [3.63, 3.8) is 0 Å². The van der Waals surface area contributed by atoms with E-state index in [4.69, 9.17) is 9.84 Å². The van der Waals surface area contributed by atoms with Crippen LogP contribution in [0.5, 0.6) is 0 Å². The number of nitrogens with one attached hydrogen (secondary N) is 1. The van der Waals surface area contributed by atoms with Gasteiger partial charge in [-0.25, -0.2) is 4.79 Å². The van der Waals surface area contributed by atoms with Crippen molar-refractivity contribution in [1.82, 2.24) is 4.90 Å². The highest BCUT2D eigenvalue weighted by Gasteiger charge is 2.38. The van der Waals surface area contributed by atoms with Crippen molar-refractivity contribution in [2.24, 2.45) is 5.92 Å². The van der Waals surface area contributed by atoms with Gasteiger partial charge in [0.25, 0.3) is 0 Å². The second-order valence-corrected chi connectivity index (χ2v) is 5.14. The third kappa shape index (κ3) is 3.52. The van der Waals surface area contributed by atoms with Gasteiger partial charge in [0.1, 0.15) is 5.92 Å². The van der Waals surface area contributed by atoms with E-state index >= 15 is 0 Å². The molecule has 6 heteroatoms. The molecule has 1 saturated heterocycles. The molecule has 0 aliphatic carbocycles. The topological polar surface area (TPSA) is 78.9 Å². The number of urea groups is 1. The number of hydrogen-bond acceptors (Lipinski definition) is 3. The summed E-state index contributed by atoms with van der Waals surface area (Å²) in [6, 6.07) is 6.80. The zero-order valence-electron chi connectivity index (χ0n) is 12.2. The fourth-order valence-corrected chi connectivity index (χ4v) is 2.35. The summed E-state index contributed by atoms with van der Waals surface area (Å²) in [5.74, 6) is -1.62. The first-order valence-electron chi connectivity index (χ1n) is 6.96. The first-order valence-corrected chi connectivity index (χ1v) is 6.96. The molecular weight excluding hydrogens is 272 g/mol. The predicted octanol–water partition coefficient (Wildman–Crippen LogP) is 1.81. The lowest BCUT2D eigenvalue weighted by atomic mass is 10.0. The van der Waals surface area contributed by atoms with Crippen molar-refractivity contribution < 1.29 is 19.4 Å². The van der Waals surface area contributed by atoms with Crippen LogP contribution in [0.4, 0.5) is 10.5 Å². The molecule has 0 aromatic heterocycles. The number of nitrogens with zero attached hydrogens (tertiary/aromatic N) is 1. The highest BCUT2D eigenvalue weighted by Crippen LogP contribution is 2.20. The van der Waals surface area contributed by atoms with Gasteiger partial charge in [0.2, 0.25) is 0 Å². The highest BCUT2D eigenvalue weighted by molar-refractivity contribution is 5.89. The lowest BCUT2D eigenvalue weighted by Gasteiger charge is -2.26. The van der Waals surface area contributed by atoms with Crippen LogP contribution in [0.25, 0.3) is 0 Å². The molecule has 114 valence electrons. The maximum atomic E-state index is 12.2. The van der Waals surface area contributed by atoms with Crippen LogP contribution < -0.4 is 5.32 Å². The molecule has 1 aromatic carbocycles. The number of ether oxygens (including phenoxy) is 1. The van der Waals surface area contributed by atoms with Crippen molar-refractivity contribution in [2.75, 3.05) is 25.6 Å². The summed E-state index contributed by atoms with van der Waals surface area (Å²) in [6.45, 7) is 2.45. The quantitative estimate of drug-likeness (QED) is 0.887. The molecule has 2 atom stereocenters. The minimum Gasteiger partial charge on any atom is -0.481 e. The van der Waals surface area contributed by atoms with Gasteiger partial charge in [-0.1, -0.05) is 19.1 Å². The van der Waals surface area contributed by atoms with Gasteiger partial charge >= 0.3 is 12.0 Å². The Labute approximate surface area is 123 Å². The summed E-state index contributed by atoms with van der Waals surface area (Å²) in [7, 11) is 1.59. The summed E-state index contributed by atoms with van der Waals surface area (Å²) in [6.07, 6.45) is 0.938. The Hall–Kier alpha value is -2.08. The highest BCUT2D eigenvalue weighted by atomic mass is 16.5. The molecule has 0 radical (unpaired) electrons. The van der Waals surface area contributed by atoms with E-state index in [1.54, 1.807) is 7.05 Å². The Morgan fingerprint density at radius 1 is 1.33 bits per heavy atom. The van der Waals surface area contributed by atoms with Crippen LogP contribution in [0.3, 0.4) is 0 Å². The average Bonchev–Trinajstić information content (AvgIpc) is 2.96. The third-order valence-corrected chi connectivity index (χ3v) is 3.80. The average molecular weight is 292 g/mol. The number of anilines is 1. The van der Waals surface area contributed by atoms with E-state index in [0.29, 0.717) is 5.69 Å². The first-order chi connectivity index (χ1) is 10.0. The molecular formula is C15H20N2O4. The predicted molar refractivity (Wildman–Crippen MR) is 78.3 cm³/mol. The summed E-state index contributed by atoms with van der Waals surface area (Å²) >= 11 is 0. The monoisotopic (exact) mass is 292 g/mol. The number of carboxylic acids is 1. The van der Waals surface area contributed by atoms with Crippen LogP contribution in [0.15, 0.2) is 24.3 Å². The number of carbonyl (C=O) groups is 2. The van der Waals surface area contributed by atoms with E-state index in [2.05, 4.69) is 12.2 Å². The summed E-state index contributed by atoms with van der Waals surface area (Å²) < 4.78 is 5.18. The van der Waals surface area contributed by atoms with Crippen LogP contribution in [-0.4, -0.2) is 48.3 Å². The lowest BCUT2D eigenvalue weighted by molar-refractivity contribution is -0.142. The van der Waals surface area contributed by atoms with Crippen molar-refractivity contribution in [2.45, 2.75) is 19.4 Å². The second kappa shape index (κ2) is 6.58. The number of amides is 2. The molecule has 6 nitrogen and oxygen atoms in total. The van der Waals surface area contributed by atoms with Gasteiger partial charge in [-0.3, -0.25) is 4.79 Å². The number of carboxylic acid groups (broad SMARTS) is 1. The Morgan fingerprint density at radius 2 is 2.00 bits per heavy atom. The lowest BCUT2D eigenvalue weighted by Crippen LogP contribution is -2.45. The molecule has 2 unspecified atom stereocenters. The number of aliphatic carboxylic acids is 1. The van der Waals surface area contributed by atoms with Gasteiger partial charge in [-0.05, 0) is 24.1 Å². The zero-order valence-corrected chi connectivity index (χ0v) is 12.2. The number of carbonyl (C=O) groups excluding carboxylic acids is 1. The molecule has 2 amide bonds. The Balaban J connectivity index is 2.00. The normalized spacial score (nSPS) is 21.0. The number of rotatable bonds is 4. The molecule has 2 N–H and O–H groups in total. The summed E-state index contributed by atoms with van der Waals surface area (Å²) in [4.78, 5) is 24.7. The van der Waals surface area contributed by atoms with E-state index in [0.717, 1.165) is 6.42 Å².